The Bertz CT molecular complexity index is 1010. The molecule has 0 spiro atoms. The number of carbonyl (C=O) groups excluding carboxylic acids is 2. The van der Waals surface area contributed by atoms with Gasteiger partial charge < -0.3 is 15.2 Å². The number of rotatable bonds is 5. The summed E-state index contributed by atoms with van der Waals surface area (Å²) in [7, 11) is 0. The Kier molecular flexibility index (Phi) is 6.64. The van der Waals surface area contributed by atoms with E-state index in [1.165, 1.54) is 6.07 Å². The van der Waals surface area contributed by atoms with Gasteiger partial charge in [0.1, 0.15) is 11.6 Å². The lowest BCUT2D eigenvalue weighted by atomic mass is 9.95. The third kappa shape index (κ3) is 5.11. The van der Waals surface area contributed by atoms with Crippen molar-refractivity contribution in [3.63, 3.8) is 0 Å². The minimum absolute atomic E-state index is 0.00426. The zero-order valence-electron chi connectivity index (χ0n) is 17.5. The first-order chi connectivity index (χ1) is 14.2. The minimum Gasteiger partial charge on any atom is -0.352 e. The number of aromatic nitrogens is 2. The van der Waals surface area contributed by atoms with Gasteiger partial charge in [-0.05, 0) is 50.8 Å². The maximum absolute atomic E-state index is 13.6. The Morgan fingerprint density at radius 3 is 2.57 bits per heavy atom. The van der Waals surface area contributed by atoms with E-state index in [2.05, 4.69) is 15.3 Å². The molecule has 1 aliphatic heterocycles. The normalized spacial score (nSPS) is 14.6. The SMILES string of the molecule is Cc1nc(C)c(CC(=O)N2CCC(C(=O)NCc3ccc(C)c(F)c3)CC2)c(=O)[nH]1. The van der Waals surface area contributed by atoms with Crippen molar-refractivity contribution in [3.8, 4) is 0 Å². The van der Waals surface area contributed by atoms with Crippen molar-refractivity contribution >= 4 is 11.8 Å². The molecule has 30 heavy (non-hydrogen) atoms. The molecule has 3 rings (SSSR count). The number of piperidine rings is 1. The molecule has 7 nitrogen and oxygen atoms in total. The van der Waals surface area contributed by atoms with E-state index in [0.717, 1.165) is 0 Å². The third-order valence-corrected chi connectivity index (χ3v) is 5.59. The van der Waals surface area contributed by atoms with E-state index >= 15 is 0 Å². The summed E-state index contributed by atoms with van der Waals surface area (Å²) in [6.07, 6.45) is 1.12. The fourth-order valence-corrected chi connectivity index (χ4v) is 3.69. The number of H-pyrrole nitrogens is 1. The Hall–Kier alpha value is -3.03. The van der Waals surface area contributed by atoms with E-state index in [4.69, 9.17) is 0 Å². The second kappa shape index (κ2) is 9.19. The lowest BCUT2D eigenvalue weighted by Gasteiger charge is -2.31. The fourth-order valence-electron chi connectivity index (χ4n) is 3.69. The number of nitrogens with one attached hydrogen (secondary N) is 2. The summed E-state index contributed by atoms with van der Waals surface area (Å²) < 4.78 is 13.6. The number of amides is 2. The number of benzene rings is 1. The zero-order valence-corrected chi connectivity index (χ0v) is 17.5. The molecule has 1 fully saturated rings. The molecule has 0 bridgehead atoms. The molecule has 1 aromatic heterocycles. The van der Waals surface area contributed by atoms with E-state index in [1.54, 1.807) is 37.8 Å². The van der Waals surface area contributed by atoms with Gasteiger partial charge in [0.15, 0.2) is 0 Å². The first-order valence-corrected chi connectivity index (χ1v) is 10.1. The molecule has 1 saturated heterocycles. The van der Waals surface area contributed by atoms with Gasteiger partial charge in [0.05, 0.1) is 6.42 Å². The summed E-state index contributed by atoms with van der Waals surface area (Å²) in [6, 6.07) is 4.92. The van der Waals surface area contributed by atoms with E-state index in [0.29, 0.717) is 54.1 Å². The summed E-state index contributed by atoms with van der Waals surface area (Å²) in [5.74, 6) is -0.169. The average Bonchev–Trinajstić information content (AvgIpc) is 2.71. The molecule has 2 aromatic rings. The molecule has 0 aliphatic carbocycles. The van der Waals surface area contributed by atoms with Crippen LogP contribution in [0.4, 0.5) is 4.39 Å². The average molecular weight is 414 g/mol. The zero-order chi connectivity index (χ0) is 21.8. The molecule has 0 radical (unpaired) electrons. The number of hydrogen-bond acceptors (Lipinski definition) is 4. The van der Waals surface area contributed by atoms with Crippen molar-refractivity contribution in [1.82, 2.24) is 20.2 Å². The van der Waals surface area contributed by atoms with E-state index < -0.39 is 0 Å². The van der Waals surface area contributed by atoms with Gasteiger partial charge in [-0.1, -0.05) is 12.1 Å². The van der Waals surface area contributed by atoms with Crippen LogP contribution < -0.4 is 10.9 Å². The molecule has 2 amide bonds. The Balaban J connectivity index is 1.50. The number of carbonyl (C=O) groups is 2. The van der Waals surface area contributed by atoms with Gasteiger partial charge in [0, 0.05) is 36.8 Å². The minimum atomic E-state index is -0.286. The van der Waals surface area contributed by atoms with Crippen molar-refractivity contribution in [3.05, 3.63) is 62.6 Å². The second-order valence-electron chi connectivity index (χ2n) is 7.85. The van der Waals surface area contributed by atoms with Crippen LogP contribution in [-0.2, 0) is 22.6 Å². The van der Waals surface area contributed by atoms with Crippen LogP contribution in [0.1, 0.15) is 41.1 Å². The van der Waals surface area contributed by atoms with Gasteiger partial charge in [0.25, 0.3) is 5.56 Å². The van der Waals surface area contributed by atoms with Crippen molar-refractivity contribution in [2.24, 2.45) is 5.92 Å². The predicted octanol–water partition coefficient (Wildman–Crippen LogP) is 1.93. The monoisotopic (exact) mass is 414 g/mol. The molecule has 0 atom stereocenters. The van der Waals surface area contributed by atoms with Crippen LogP contribution in [0, 0.1) is 32.5 Å². The second-order valence-corrected chi connectivity index (χ2v) is 7.85. The van der Waals surface area contributed by atoms with Crippen molar-refractivity contribution < 1.29 is 14.0 Å². The lowest BCUT2D eigenvalue weighted by molar-refractivity contribution is -0.135. The van der Waals surface area contributed by atoms with Crippen LogP contribution in [0.15, 0.2) is 23.0 Å². The Labute approximate surface area is 174 Å². The first-order valence-electron chi connectivity index (χ1n) is 10.1. The number of nitrogens with zero attached hydrogens (tertiary/aromatic N) is 2. The highest BCUT2D eigenvalue weighted by Gasteiger charge is 2.28. The summed E-state index contributed by atoms with van der Waals surface area (Å²) in [5, 5.41) is 2.86. The maximum Gasteiger partial charge on any atom is 0.254 e. The third-order valence-electron chi connectivity index (χ3n) is 5.59. The quantitative estimate of drug-likeness (QED) is 0.782. The summed E-state index contributed by atoms with van der Waals surface area (Å²) in [4.78, 5) is 45.7. The highest BCUT2D eigenvalue weighted by atomic mass is 19.1. The smallest absolute Gasteiger partial charge is 0.254 e. The number of halogens is 1. The highest BCUT2D eigenvalue weighted by Crippen LogP contribution is 2.19. The Morgan fingerprint density at radius 2 is 1.93 bits per heavy atom. The van der Waals surface area contributed by atoms with E-state index in [9.17, 15) is 18.8 Å². The largest absolute Gasteiger partial charge is 0.352 e. The number of hydrogen-bond donors (Lipinski definition) is 2. The van der Waals surface area contributed by atoms with Gasteiger partial charge in [0.2, 0.25) is 11.8 Å². The predicted molar refractivity (Wildman–Crippen MR) is 110 cm³/mol. The Morgan fingerprint density at radius 1 is 1.23 bits per heavy atom. The molecule has 1 aliphatic rings. The van der Waals surface area contributed by atoms with Crippen molar-refractivity contribution in [1.29, 1.82) is 0 Å². The van der Waals surface area contributed by atoms with Crippen LogP contribution in [0.25, 0.3) is 0 Å². The van der Waals surface area contributed by atoms with Crippen molar-refractivity contribution in [2.45, 2.75) is 46.6 Å². The van der Waals surface area contributed by atoms with Crippen LogP contribution in [0.5, 0.6) is 0 Å². The van der Waals surface area contributed by atoms with Crippen LogP contribution in [-0.4, -0.2) is 39.8 Å². The molecule has 0 saturated carbocycles. The van der Waals surface area contributed by atoms with E-state index in [-0.39, 0.29) is 42.1 Å². The topological polar surface area (TPSA) is 95.2 Å². The summed E-state index contributed by atoms with van der Waals surface area (Å²) >= 11 is 0. The molecule has 1 aromatic carbocycles. The molecule has 160 valence electrons. The molecule has 2 N–H and O–H groups in total. The molecule has 0 unspecified atom stereocenters. The molecular formula is C22H27FN4O3. The van der Waals surface area contributed by atoms with Gasteiger partial charge >= 0.3 is 0 Å². The lowest BCUT2D eigenvalue weighted by Crippen LogP contribution is -2.44. The van der Waals surface area contributed by atoms with Crippen LogP contribution >= 0.6 is 0 Å². The van der Waals surface area contributed by atoms with Crippen molar-refractivity contribution in [2.75, 3.05) is 13.1 Å². The number of aryl methyl sites for hydroxylation is 3. The van der Waals surface area contributed by atoms with Gasteiger partial charge in [-0.15, -0.1) is 0 Å². The molecular weight excluding hydrogens is 387 g/mol. The van der Waals surface area contributed by atoms with Crippen LogP contribution in [0.3, 0.4) is 0 Å². The fraction of sp³-hybridized carbons (Fsp3) is 0.455. The maximum atomic E-state index is 13.6. The van der Waals surface area contributed by atoms with Gasteiger partial charge in [-0.3, -0.25) is 14.4 Å². The van der Waals surface area contributed by atoms with E-state index in [1.807, 2.05) is 0 Å². The van der Waals surface area contributed by atoms with Gasteiger partial charge in [-0.25, -0.2) is 9.37 Å². The summed E-state index contributed by atoms with van der Waals surface area (Å²) in [5.41, 5.74) is 1.95. The standard InChI is InChI=1S/C22H27FN4O3/c1-13-4-5-16(10-19(13)23)12-24-21(29)17-6-8-27(9-7-17)20(28)11-18-14(2)25-15(3)26-22(18)30/h4-5,10,17H,6-9,11-12H2,1-3H3,(H,24,29)(H,25,26,30). The highest BCUT2D eigenvalue weighted by molar-refractivity contribution is 5.81. The molecule has 2 heterocycles. The number of likely N-dealkylation sites (tertiary alicyclic amines) is 1. The first kappa shape index (κ1) is 21.7. The molecule has 8 heteroatoms. The van der Waals surface area contributed by atoms with Crippen LogP contribution in [0.2, 0.25) is 0 Å². The summed E-state index contributed by atoms with van der Waals surface area (Å²) in [6.45, 7) is 6.32. The van der Waals surface area contributed by atoms with Gasteiger partial charge in [-0.2, -0.15) is 0 Å². The number of aromatic amines is 1.